The quantitative estimate of drug-likeness (QED) is 0.839. The SMILES string of the molecule is COC(=O)C(O)c1cc(C(F)F)ccc1Cl. The third kappa shape index (κ3) is 2.68. The average molecular weight is 251 g/mol. The largest absolute Gasteiger partial charge is 0.467 e. The van der Waals surface area contributed by atoms with Crippen molar-refractivity contribution in [1.82, 2.24) is 0 Å². The first kappa shape index (κ1) is 12.9. The van der Waals surface area contributed by atoms with E-state index in [0.29, 0.717) is 0 Å². The molecule has 1 aromatic rings. The summed E-state index contributed by atoms with van der Waals surface area (Å²) in [4.78, 5) is 11.0. The number of aliphatic hydroxyl groups excluding tert-OH is 1. The number of hydrogen-bond donors (Lipinski definition) is 1. The Morgan fingerprint density at radius 2 is 2.12 bits per heavy atom. The van der Waals surface area contributed by atoms with Gasteiger partial charge in [-0.1, -0.05) is 17.7 Å². The third-order valence-corrected chi connectivity index (χ3v) is 2.34. The summed E-state index contributed by atoms with van der Waals surface area (Å²) in [5, 5.41) is 9.50. The van der Waals surface area contributed by atoms with Gasteiger partial charge in [0.1, 0.15) is 0 Å². The molecule has 0 spiro atoms. The Labute approximate surface area is 95.6 Å². The molecule has 0 aliphatic carbocycles. The van der Waals surface area contributed by atoms with Gasteiger partial charge in [0, 0.05) is 16.1 Å². The molecule has 0 saturated carbocycles. The van der Waals surface area contributed by atoms with Crippen LogP contribution < -0.4 is 0 Å². The van der Waals surface area contributed by atoms with Gasteiger partial charge < -0.3 is 9.84 Å². The summed E-state index contributed by atoms with van der Waals surface area (Å²) in [6.45, 7) is 0. The van der Waals surface area contributed by atoms with Crippen molar-refractivity contribution in [2.24, 2.45) is 0 Å². The van der Waals surface area contributed by atoms with E-state index in [-0.39, 0.29) is 16.1 Å². The van der Waals surface area contributed by atoms with Crippen molar-refractivity contribution >= 4 is 17.6 Å². The number of rotatable bonds is 3. The van der Waals surface area contributed by atoms with Gasteiger partial charge in [-0.15, -0.1) is 0 Å². The highest BCUT2D eigenvalue weighted by atomic mass is 35.5. The minimum absolute atomic E-state index is 0.0299. The Morgan fingerprint density at radius 3 is 2.62 bits per heavy atom. The Balaban J connectivity index is 3.11. The number of methoxy groups -OCH3 is 1. The predicted octanol–water partition coefficient (Wildman–Crippen LogP) is 2.48. The zero-order chi connectivity index (χ0) is 12.3. The standard InChI is InChI=1S/C10H9ClF2O3/c1-16-10(15)8(14)6-4-5(9(12)13)2-3-7(6)11/h2-4,8-9,14H,1H3. The first-order chi connectivity index (χ1) is 7.47. The molecule has 0 aliphatic heterocycles. The first-order valence-electron chi connectivity index (χ1n) is 4.30. The molecule has 3 nitrogen and oxygen atoms in total. The molecule has 1 N–H and O–H groups in total. The molecule has 1 rings (SSSR count). The molecule has 0 fully saturated rings. The van der Waals surface area contributed by atoms with Gasteiger partial charge in [-0.05, 0) is 12.1 Å². The van der Waals surface area contributed by atoms with E-state index in [2.05, 4.69) is 4.74 Å². The fourth-order valence-corrected chi connectivity index (χ4v) is 1.37. The molecule has 0 bridgehead atoms. The number of hydrogen-bond acceptors (Lipinski definition) is 3. The molecule has 0 radical (unpaired) electrons. The molecular weight excluding hydrogens is 242 g/mol. The van der Waals surface area contributed by atoms with Crippen LogP contribution in [0.1, 0.15) is 23.7 Å². The molecule has 0 saturated heterocycles. The van der Waals surface area contributed by atoms with Crippen molar-refractivity contribution in [3.8, 4) is 0 Å². The lowest BCUT2D eigenvalue weighted by Crippen LogP contribution is -2.14. The molecular formula is C10H9ClF2O3. The van der Waals surface area contributed by atoms with Crippen LogP contribution in [0.25, 0.3) is 0 Å². The maximum absolute atomic E-state index is 12.4. The number of aliphatic hydroxyl groups is 1. The monoisotopic (exact) mass is 250 g/mol. The van der Waals surface area contributed by atoms with E-state index < -0.39 is 18.5 Å². The second-order valence-electron chi connectivity index (χ2n) is 3.01. The Hall–Kier alpha value is -1.20. The number of carbonyl (C=O) groups is 1. The predicted molar refractivity (Wildman–Crippen MR) is 53.4 cm³/mol. The summed E-state index contributed by atoms with van der Waals surface area (Å²) in [6.07, 6.45) is -4.35. The van der Waals surface area contributed by atoms with Gasteiger partial charge in [-0.3, -0.25) is 0 Å². The number of halogens is 3. The second kappa shape index (κ2) is 5.23. The molecule has 88 valence electrons. The van der Waals surface area contributed by atoms with Crippen LogP contribution in [0.15, 0.2) is 18.2 Å². The molecule has 6 heteroatoms. The molecule has 1 atom stereocenters. The molecule has 0 aromatic heterocycles. The van der Waals surface area contributed by atoms with Gasteiger partial charge in [0.25, 0.3) is 6.43 Å². The van der Waals surface area contributed by atoms with E-state index >= 15 is 0 Å². The third-order valence-electron chi connectivity index (χ3n) is 1.99. The van der Waals surface area contributed by atoms with Gasteiger partial charge in [0.2, 0.25) is 0 Å². The zero-order valence-electron chi connectivity index (χ0n) is 8.28. The van der Waals surface area contributed by atoms with Crippen molar-refractivity contribution in [1.29, 1.82) is 0 Å². The highest BCUT2D eigenvalue weighted by molar-refractivity contribution is 6.31. The van der Waals surface area contributed by atoms with Crippen LogP contribution in [0.4, 0.5) is 8.78 Å². The van der Waals surface area contributed by atoms with Crippen LogP contribution in [0.5, 0.6) is 0 Å². The highest BCUT2D eigenvalue weighted by Crippen LogP contribution is 2.29. The fraction of sp³-hybridized carbons (Fsp3) is 0.300. The van der Waals surface area contributed by atoms with Gasteiger partial charge >= 0.3 is 5.97 Å². The normalized spacial score (nSPS) is 12.6. The van der Waals surface area contributed by atoms with Gasteiger partial charge in [-0.25, -0.2) is 13.6 Å². The Morgan fingerprint density at radius 1 is 1.50 bits per heavy atom. The minimum atomic E-state index is -2.69. The molecule has 0 amide bonds. The van der Waals surface area contributed by atoms with Gasteiger partial charge in [0.15, 0.2) is 6.10 Å². The fourth-order valence-electron chi connectivity index (χ4n) is 1.15. The Kier molecular flexibility index (Phi) is 4.20. The summed E-state index contributed by atoms with van der Waals surface area (Å²) in [5.74, 6) is -0.951. The minimum Gasteiger partial charge on any atom is -0.467 e. The topological polar surface area (TPSA) is 46.5 Å². The van der Waals surface area contributed by atoms with Crippen LogP contribution in [-0.4, -0.2) is 18.2 Å². The van der Waals surface area contributed by atoms with Crippen molar-refractivity contribution < 1.29 is 23.4 Å². The van der Waals surface area contributed by atoms with Crippen LogP contribution in [0, 0.1) is 0 Å². The lowest BCUT2D eigenvalue weighted by molar-refractivity contribution is -0.150. The lowest BCUT2D eigenvalue weighted by atomic mass is 10.1. The smallest absolute Gasteiger partial charge is 0.339 e. The summed E-state index contributed by atoms with van der Waals surface area (Å²) in [7, 11) is 1.08. The lowest BCUT2D eigenvalue weighted by Gasteiger charge is -2.11. The summed E-state index contributed by atoms with van der Waals surface area (Å²) in [5.41, 5.74) is -0.409. The first-order valence-corrected chi connectivity index (χ1v) is 4.68. The number of ether oxygens (including phenoxy) is 1. The van der Waals surface area contributed by atoms with Crippen LogP contribution >= 0.6 is 11.6 Å². The number of benzene rings is 1. The number of carbonyl (C=O) groups excluding carboxylic acids is 1. The molecule has 1 unspecified atom stereocenters. The van der Waals surface area contributed by atoms with E-state index in [1.807, 2.05) is 0 Å². The van der Waals surface area contributed by atoms with E-state index in [1.165, 1.54) is 6.07 Å². The van der Waals surface area contributed by atoms with Crippen molar-refractivity contribution in [3.63, 3.8) is 0 Å². The number of alkyl halides is 2. The van der Waals surface area contributed by atoms with Crippen molar-refractivity contribution in [3.05, 3.63) is 34.3 Å². The van der Waals surface area contributed by atoms with Crippen LogP contribution in [0.3, 0.4) is 0 Å². The second-order valence-corrected chi connectivity index (χ2v) is 3.41. The number of esters is 1. The molecule has 0 heterocycles. The van der Waals surface area contributed by atoms with E-state index in [1.54, 1.807) is 0 Å². The maximum atomic E-state index is 12.4. The highest BCUT2D eigenvalue weighted by Gasteiger charge is 2.22. The van der Waals surface area contributed by atoms with Crippen molar-refractivity contribution in [2.75, 3.05) is 7.11 Å². The van der Waals surface area contributed by atoms with Gasteiger partial charge in [-0.2, -0.15) is 0 Å². The van der Waals surface area contributed by atoms with Crippen LogP contribution in [0.2, 0.25) is 5.02 Å². The molecule has 0 aliphatic rings. The van der Waals surface area contributed by atoms with E-state index in [9.17, 15) is 18.7 Å². The molecule has 16 heavy (non-hydrogen) atoms. The van der Waals surface area contributed by atoms with Crippen molar-refractivity contribution in [2.45, 2.75) is 12.5 Å². The van der Waals surface area contributed by atoms with Crippen LogP contribution in [-0.2, 0) is 9.53 Å². The summed E-state index contributed by atoms with van der Waals surface area (Å²) in [6, 6.07) is 3.31. The molecule has 1 aromatic carbocycles. The average Bonchev–Trinajstić information content (AvgIpc) is 2.27. The van der Waals surface area contributed by atoms with E-state index in [0.717, 1.165) is 19.2 Å². The zero-order valence-corrected chi connectivity index (χ0v) is 9.04. The summed E-state index contributed by atoms with van der Waals surface area (Å²) < 4.78 is 29.1. The maximum Gasteiger partial charge on any atom is 0.339 e. The van der Waals surface area contributed by atoms with E-state index in [4.69, 9.17) is 11.6 Å². The summed E-state index contributed by atoms with van der Waals surface area (Å²) >= 11 is 5.68. The van der Waals surface area contributed by atoms with Gasteiger partial charge in [0.05, 0.1) is 7.11 Å². The Bertz CT molecular complexity index is 396.